The summed E-state index contributed by atoms with van der Waals surface area (Å²) in [6.07, 6.45) is 0.715. The number of hydrogen-bond acceptors (Lipinski definition) is 3. The standard InChI is InChI=1S/C11H19N3O2/c1-11(2,9-4-3-5-13-9)7-14-10(16)8(15)6-12/h3-5,8,13,15H,6-7,12H2,1-2H3,(H,14,16). The van der Waals surface area contributed by atoms with Crippen molar-refractivity contribution in [3.8, 4) is 0 Å². The summed E-state index contributed by atoms with van der Waals surface area (Å²) in [5.41, 5.74) is 6.03. The molecule has 0 fully saturated rings. The molecular weight excluding hydrogens is 206 g/mol. The number of aromatic nitrogens is 1. The van der Waals surface area contributed by atoms with Gasteiger partial charge < -0.3 is 21.1 Å². The van der Waals surface area contributed by atoms with E-state index in [0.717, 1.165) is 5.69 Å². The number of nitrogens with one attached hydrogen (secondary N) is 2. The lowest BCUT2D eigenvalue weighted by molar-refractivity contribution is -0.129. The normalized spacial score (nSPS) is 13.5. The van der Waals surface area contributed by atoms with Gasteiger partial charge in [-0.2, -0.15) is 0 Å². The summed E-state index contributed by atoms with van der Waals surface area (Å²) in [5.74, 6) is -0.429. The van der Waals surface area contributed by atoms with Crippen molar-refractivity contribution in [3.63, 3.8) is 0 Å². The Hall–Kier alpha value is -1.33. The van der Waals surface area contributed by atoms with Gasteiger partial charge in [0.2, 0.25) is 5.91 Å². The molecule has 1 atom stereocenters. The van der Waals surface area contributed by atoms with Gasteiger partial charge in [0.15, 0.2) is 0 Å². The maximum absolute atomic E-state index is 11.3. The van der Waals surface area contributed by atoms with Crippen LogP contribution in [0.4, 0.5) is 0 Å². The number of aliphatic hydroxyl groups is 1. The van der Waals surface area contributed by atoms with E-state index >= 15 is 0 Å². The minimum absolute atomic E-state index is 0.0608. The third-order valence-electron chi connectivity index (χ3n) is 2.56. The SMILES string of the molecule is CC(C)(CNC(=O)C(O)CN)c1ccc[nH]1. The first kappa shape index (κ1) is 12.7. The first-order chi connectivity index (χ1) is 7.47. The molecule has 0 bridgehead atoms. The molecule has 0 radical (unpaired) electrons. The summed E-state index contributed by atoms with van der Waals surface area (Å²) >= 11 is 0. The third kappa shape index (κ3) is 3.08. The molecule has 90 valence electrons. The molecule has 16 heavy (non-hydrogen) atoms. The summed E-state index contributed by atoms with van der Waals surface area (Å²) in [6.45, 7) is 4.40. The monoisotopic (exact) mass is 225 g/mol. The number of hydrogen-bond donors (Lipinski definition) is 4. The summed E-state index contributed by atoms with van der Waals surface area (Å²) in [4.78, 5) is 14.4. The van der Waals surface area contributed by atoms with Gasteiger partial charge in [0.05, 0.1) is 0 Å². The van der Waals surface area contributed by atoms with Crippen LogP contribution in [0.3, 0.4) is 0 Å². The van der Waals surface area contributed by atoms with Crippen molar-refractivity contribution in [2.45, 2.75) is 25.4 Å². The molecule has 1 aromatic heterocycles. The Morgan fingerprint density at radius 2 is 2.38 bits per heavy atom. The van der Waals surface area contributed by atoms with Crippen molar-refractivity contribution in [1.29, 1.82) is 0 Å². The number of rotatable bonds is 5. The summed E-state index contributed by atoms with van der Waals surface area (Å²) < 4.78 is 0. The molecule has 1 rings (SSSR count). The van der Waals surface area contributed by atoms with Crippen LogP contribution in [0, 0.1) is 0 Å². The van der Waals surface area contributed by atoms with Crippen LogP contribution < -0.4 is 11.1 Å². The highest BCUT2D eigenvalue weighted by molar-refractivity contribution is 5.80. The predicted octanol–water partition coefficient (Wildman–Crippen LogP) is -0.272. The first-order valence-corrected chi connectivity index (χ1v) is 5.27. The van der Waals surface area contributed by atoms with Gasteiger partial charge in [0, 0.05) is 30.4 Å². The first-order valence-electron chi connectivity index (χ1n) is 5.27. The molecule has 1 heterocycles. The predicted molar refractivity (Wildman–Crippen MR) is 61.9 cm³/mol. The Kier molecular flexibility index (Phi) is 4.09. The molecule has 0 saturated carbocycles. The van der Waals surface area contributed by atoms with Crippen LogP contribution in [-0.4, -0.2) is 35.2 Å². The van der Waals surface area contributed by atoms with Gasteiger partial charge in [-0.1, -0.05) is 13.8 Å². The minimum Gasteiger partial charge on any atom is -0.382 e. The molecule has 1 aromatic rings. The number of nitrogens with two attached hydrogens (primary N) is 1. The van der Waals surface area contributed by atoms with Crippen LogP contribution in [0.2, 0.25) is 0 Å². The zero-order chi connectivity index (χ0) is 12.2. The molecule has 1 unspecified atom stereocenters. The molecule has 0 aliphatic heterocycles. The van der Waals surface area contributed by atoms with E-state index in [9.17, 15) is 9.90 Å². The van der Waals surface area contributed by atoms with Crippen LogP contribution in [0.15, 0.2) is 18.3 Å². The van der Waals surface area contributed by atoms with Crippen molar-refractivity contribution in [2.24, 2.45) is 5.73 Å². The van der Waals surface area contributed by atoms with Crippen molar-refractivity contribution >= 4 is 5.91 Å². The Bertz CT molecular complexity index is 333. The molecule has 5 heteroatoms. The number of carbonyl (C=O) groups is 1. The van der Waals surface area contributed by atoms with Gasteiger partial charge in [-0.15, -0.1) is 0 Å². The minimum atomic E-state index is -1.13. The Labute approximate surface area is 95.0 Å². The molecule has 0 aromatic carbocycles. The van der Waals surface area contributed by atoms with Crippen LogP contribution in [0.1, 0.15) is 19.5 Å². The average Bonchev–Trinajstić information content (AvgIpc) is 2.78. The molecule has 0 saturated heterocycles. The van der Waals surface area contributed by atoms with E-state index in [-0.39, 0.29) is 12.0 Å². The third-order valence-corrected chi connectivity index (χ3v) is 2.56. The van der Waals surface area contributed by atoms with Crippen LogP contribution >= 0.6 is 0 Å². The van der Waals surface area contributed by atoms with E-state index in [4.69, 9.17) is 5.73 Å². The Balaban J connectivity index is 2.52. The fourth-order valence-electron chi connectivity index (χ4n) is 1.38. The summed E-state index contributed by atoms with van der Waals surface area (Å²) in [5, 5.41) is 11.9. The topological polar surface area (TPSA) is 91.1 Å². The molecule has 0 aliphatic carbocycles. The van der Waals surface area contributed by atoms with E-state index in [0.29, 0.717) is 6.54 Å². The van der Waals surface area contributed by atoms with Crippen molar-refractivity contribution < 1.29 is 9.90 Å². The highest BCUT2D eigenvalue weighted by Crippen LogP contribution is 2.19. The molecule has 1 amide bonds. The molecule has 5 nitrogen and oxygen atoms in total. The van der Waals surface area contributed by atoms with E-state index in [1.807, 2.05) is 32.2 Å². The lowest BCUT2D eigenvalue weighted by atomic mass is 9.89. The van der Waals surface area contributed by atoms with Gasteiger partial charge in [-0.05, 0) is 12.1 Å². The van der Waals surface area contributed by atoms with Gasteiger partial charge in [-0.3, -0.25) is 4.79 Å². The zero-order valence-corrected chi connectivity index (χ0v) is 9.66. The Morgan fingerprint density at radius 3 is 2.88 bits per heavy atom. The van der Waals surface area contributed by atoms with E-state index in [1.165, 1.54) is 0 Å². The lowest BCUT2D eigenvalue weighted by Crippen LogP contribution is -2.44. The van der Waals surface area contributed by atoms with Crippen LogP contribution in [-0.2, 0) is 10.2 Å². The zero-order valence-electron chi connectivity index (χ0n) is 9.66. The number of amides is 1. The van der Waals surface area contributed by atoms with Gasteiger partial charge in [0.1, 0.15) is 6.10 Å². The molecular formula is C11H19N3O2. The van der Waals surface area contributed by atoms with Gasteiger partial charge in [-0.25, -0.2) is 0 Å². The molecule has 0 spiro atoms. The Morgan fingerprint density at radius 1 is 1.69 bits per heavy atom. The number of aliphatic hydroxyl groups excluding tert-OH is 1. The number of carbonyl (C=O) groups excluding carboxylic acids is 1. The smallest absolute Gasteiger partial charge is 0.250 e. The van der Waals surface area contributed by atoms with Crippen molar-refractivity contribution in [1.82, 2.24) is 10.3 Å². The maximum Gasteiger partial charge on any atom is 0.250 e. The maximum atomic E-state index is 11.3. The quantitative estimate of drug-likeness (QED) is 0.556. The largest absolute Gasteiger partial charge is 0.382 e. The second-order valence-electron chi connectivity index (χ2n) is 4.44. The van der Waals surface area contributed by atoms with Crippen molar-refractivity contribution in [2.75, 3.05) is 13.1 Å². The van der Waals surface area contributed by atoms with Gasteiger partial charge in [0.25, 0.3) is 0 Å². The van der Waals surface area contributed by atoms with E-state index in [2.05, 4.69) is 10.3 Å². The van der Waals surface area contributed by atoms with E-state index in [1.54, 1.807) is 0 Å². The highest BCUT2D eigenvalue weighted by Gasteiger charge is 2.23. The highest BCUT2D eigenvalue weighted by atomic mass is 16.3. The second-order valence-corrected chi connectivity index (χ2v) is 4.44. The van der Waals surface area contributed by atoms with Crippen LogP contribution in [0.5, 0.6) is 0 Å². The van der Waals surface area contributed by atoms with Crippen LogP contribution in [0.25, 0.3) is 0 Å². The lowest BCUT2D eigenvalue weighted by Gasteiger charge is -2.24. The van der Waals surface area contributed by atoms with E-state index < -0.39 is 12.0 Å². The van der Waals surface area contributed by atoms with Gasteiger partial charge >= 0.3 is 0 Å². The fraction of sp³-hybridized carbons (Fsp3) is 0.545. The second kappa shape index (κ2) is 5.14. The average molecular weight is 225 g/mol. The molecule has 0 aliphatic rings. The number of H-pyrrole nitrogens is 1. The fourth-order valence-corrected chi connectivity index (χ4v) is 1.38. The summed E-state index contributed by atoms with van der Waals surface area (Å²) in [7, 11) is 0. The molecule has 5 N–H and O–H groups in total. The summed E-state index contributed by atoms with van der Waals surface area (Å²) in [6, 6.07) is 3.87. The number of aromatic amines is 1. The van der Waals surface area contributed by atoms with Crippen molar-refractivity contribution in [3.05, 3.63) is 24.0 Å².